The summed E-state index contributed by atoms with van der Waals surface area (Å²) in [4.78, 5) is 0. The van der Waals surface area contributed by atoms with E-state index in [-0.39, 0.29) is 0 Å². The van der Waals surface area contributed by atoms with Crippen LogP contribution in [0.5, 0.6) is 5.75 Å². The molecular weight excluding hydrogens is 254 g/mol. The highest BCUT2D eigenvalue weighted by Gasteiger charge is 2.21. The van der Waals surface area contributed by atoms with Crippen LogP contribution in [0.15, 0.2) is 18.2 Å². The van der Waals surface area contributed by atoms with Crippen LogP contribution in [-0.2, 0) is 0 Å². The molecule has 0 amide bonds. The number of nitrogens with two attached hydrogens (primary N) is 1. The summed E-state index contributed by atoms with van der Waals surface area (Å²) < 4.78 is 7.21. The monoisotopic (exact) mass is 273 g/mol. The highest BCUT2D eigenvalue weighted by Crippen LogP contribution is 2.32. The fourth-order valence-corrected chi connectivity index (χ4v) is 2.81. The van der Waals surface area contributed by atoms with Crippen LogP contribution < -0.4 is 10.5 Å². The predicted molar refractivity (Wildman–Crippen MR) is 76.3 cm³/mol. The van der Waals surface area contributed by atoms with Crippen LogP contribution in [0.1, 0.15) is 38.1 Å². The first-order valence-electron chi connectivity index (χ1n) is 7.01. The van der Waals surface area contributed by atoms with Crippen molar-refractivity contribution in [2.24, 2.45) is 0 Å². The number of nitrogens with zero attached hydrogens (tertiary/aromatic N) is 4. The second-order valence-corrected chi connectivity index (χ2v) is 5.20. The van der Waals surface area contributed by atoms with Crippen LogP contribution in [-0.4, -0.2) is 27.3 Å². The number of nitrogen functional groups attached to an aromatic ring is 1. The van der Waals surface area contributed by atoms with Gasteiger partial charge >= 0.3 is 0 Å². The first kappa shape index (κ1) is 12.9. The molecule has 0 aliphatic heterocycles. The molecule has 20 heavy (non-hydrogen) atoms. The van der Waals surface area contributed by atoms with E-state index >= 15 is 0 Å². The minimum Gasteiger partial charge on any atom is -0.495 e. The van der Waals surface area contributed by atoms with Gasteiger partial charge in [0.1, 0.15) is 5.75 Å². The molecule has 1 fully saturated rings. The first-order chi connectivity index (χ1) is 9.79. The molecule has 6 nitrogen and oxygen atoms in total. The zero-order valence-corrected chi connectivity index (χ0v) is 11.6. The van der Waals surface area contributed by atoms with E-state index in [1.54, 1.807) is 7.11 Å². The van der Waals surface area contributed by atoms with Crippen molar-refractivity contribution in [1.29, 1.82) is 0 Å². The SMILES string of the molecule is COc1cc(-c2nnnn2C2CCCCC2)ccc1N. The number of ether oxygens (including phenoxy) is 1. The van der Waals surface area contributed by atoms with Crippen LogP contribution in [0, 0.1) is 0 Å². The predicted octanol–water partition coefficient (Wildman–Crippen LogP) is 2.44. The summed E-state index contributed by atoms with van der Waals surface area (Å²) in [6, 6.07) is 6.05. The summed E-state index contributed by atoms with van der Waals surface area (Å²) in [5.74, 6) is 1.44. The highest BCUT2D eigenvalue weighted by molar-refractivity contribution is 5.65. The van der Waals surface area contributed by atoms with Crippen LogP contribution in [0.3, 0.4) is 0 Å². The van der Waals surface area contributed by atoms with Crippen LogP contribution in [0.4, 0.5) is 5.69 Å². The molecule has 3 rings (SSSR count). The van der Waals surface area contributed by atoms with E-state index in [0.29, 0.717) is 17.5 Å². The standard InChI is InChI=1S/C14H19N5O/c1-20-13-9-10(7-8-12(13)15)14-16-17-18-19(14)11-5-3-2-4-6-11/h7-9,11H,2-6,15H2,1H3. The molecule has 0 radical (unpaired) electrons. The number of hydrogen-bond acceptors (Lipinski definition) is 5. The summed E-state index contributed by atoms with van der Waals surface area (Å²) in [5.41, 5.74) is 7.41. The van der Waals surface area contributed by atoms with Crippen molar-refractivity contribution >= 4 is 5.69 Å². The molecule has 1 heterocycles. The normalized spacial score (nSPS) is 16.2. The van der Waals surface area contributed by atoms with Crippen LogP contribution >= 0.6 is 0 Å². The molecule has 2 N–H and O–H groups in total. The van der Waals surface area contributed by atoms with E-state index in [1.165, 1.54) is 19.3 Å². The van der Waals surface area contributed by atoms with E-state index in [9.17, 15) is 0 Å². The lowest BCUT2D eigenvalue weighted by Crippen LogP contribution is -2.15. The maximum Gasteiger partial charge on any atom is 0.182 e. The summed E-state index contributed by atoms with van der Waals surface area (Å²) >= 11 is 0. The molecule has 0 spiro atoms. The molecule has 0 unspecified atom stereocenters. The van der Waals surface area contributed by atoms with E-state index in [4.69, 9.17) is 10.5 Å². The molecule has 106 valence electrons. The number of rotatable bonds is 3. The van der Waals surface area contributed by atoms with E-state index in [1.807, 2.05) is 22.9 Å². The Kier molecular flexibility index (Phi) is 3.54. The Morgan fingerprint density at radius 1 is 1.25 bits per heavy atom. The van der Waals surface area contributed by atoms with Gasteiger partial charge in [-0.15, -0.1) is 5.10 Å². The van der Waals surface area contributed by atoms with Crippen molar-refractivity contribution in [2.75, 3.05) is 12.8 Å². The fraction of sp³-hybridized carbons (Fsp3) is 0.500. The first-order valence-corrected chi connectivity index (χ1v) is 7.01. The van der Waals surface area contributed by atoms with Gasteiger partial charge in [-0.2, -0.15) is 0 Å². The average Bonchev–Trinajstić information content (AvgIpc) is 2.98. The summed E-state index contributed by atoms with van der Waals surface area (Å²) in [6.45, 7) is 0. The quantitative estimate of drug-likeness (QED) is 0.869. The lowest BCUT2D eigenvalue weighted by Gasteiger charge is -2.22. The number of benzene rings is 1. The fourth-order valence-electron chi connectivity index (χ4n) is 2.81. The second kappa shape index (κ2) is 5.48. The molecule has 0 atom stereocenters. The number of tetrazole rings is 1. The maximum absolute atomic E-state index is 5.85. The largest absolute Gasteiger partial charge is 0.495 e. The number of aromatic nitrogens is 4. The summed E-state index contributed by atoms with van der Waals surface area (Å²) in [6.07, 6.45) is 6.09. The van der Waals surface area contributed by atoms with Crippen molar-refractivity contribution in [3.63, 3.8) is 0 Å². The van der Waals surface area contributed by atoms with Crippen molar-refractivity contribution in [2.45, 2.75) is 38.1 Å². The lowest BCUT2D eigenvalue weighted by atomic mass is 9.95. The lowest BCUT2D eigenvalue weighted by molar-refractivity contribution is 0.327. The van der Waals surface area contributed by atoms with Crippen LogP contribution in [0.25, 0.3) is 11.4 Å². The van der Waals surface area contributed by atoms with Gasteiger partial charge in [0.15, 0.2) is 5.82 Å². The van der Waals surface area contributed by atoms with Crippen molar-refractivity contribution < 1.29 is 4.74 Å². The van der Waals surface area contributed by atoms with Gasteiger partial charge in [-0.1, -0.05) is 19.3 Å². The van der Waals surface area contributed by atoms with Gasteiger partial charge < -0.3 is 10.5 Å². The molecule has 1 saturated carbocycles. The molecular formula is C14H19N5O. The maximum atomic E-state index is 5.85. The van der Waals surface area contributed by atoms with Gasteiger partial charge in [-0.25, -0.2) is 4.68 Å². The summed E-state index contributed by atoms with van der Waals surface area (Å²) in [7, 11) is 1.61. The molecule has 0 saturated heterocycles. The molecule has 1 aromatic heterocycles. The Morgan fingerprint density at radius 2 is 2.05 bits per heavy atom. The number of methoxy groups -OCH3 is 1. The van der Waals surface area contributed by atoms with Gasteiger partial charge in [0.2, 0.25) is 0 Å². The zero-order chi connectivity index (χ0) is 13.9. The van der Waals surface area contributed by atoms with Gasteiger partial charge in [0, 0.05) is 5.56 Å². The smallest absolute Gasteiger partial charge is 0.182 e. The Bertz CT molecular complexity index is 589. The van der Waals surface area contributed by atoms with Crippen molar-refractivity contribution in [1.82, 2.24) is 20.2 Å². The molecule has 1 aromatic carbocycles. The zero-order valence-electron chi connectivity index (χ0n) is 11.6. The van der Waals surface area contributed by atoms with Crippen molar-refractivity contribution in [3.05, 3.63) is 18.2 Å². The van der Waals surface area contributed by atoms with E-state index < -0.39 is 0 Å². The number of anilines is 1. The Hall–Kier alpha value is -2.11. The molecule has 2 aromatic rings. The number of hydrogen-bond donors (Lipinski definition) is 1. The van der Waals surface area contributed by atoms with Gasteiger partial charge in [-0.05, 0) is 41.5 Å². The highest BCUT2D eigenvalue weighted by atomic mass is 16.5. The van der Waals surface area contributed by atoms with E-state index in [0.717, 1.165) is 24.2 Å². The molecule has 1 aliphatic rings. The third kappa shape index (κ3) is 2.33. The van der Waals surface area contributed by atoms with Gasteiger partial charge in [-0.3, -0.25) is 0 Å². The van der Waals surface area contributed by atoms with Gasteiger partial charge in [0.25, 0.3) is 0 Å². The Balaban J connectivity index is 1.96. The van der Waals surface area contributed by atoms with Crippen molar-refractivity contribution in [3.8, 4) is 17.1 Å². The second-order valence-electron chi connectivity index (χ2n) is 5.20. The topological polar surface area (TPSA) is 78.9 Å². The summed E-state index contributed by atoms with van der Waals surface area (Å²) in [5, 5.41) is 12.2. The Morgan fingerprint density at radius 3 is 2.80 bits per heavy atom. The van der Waals surface area contributed by atoms with E-state index in [2.05, 4.69) is 15.5 Å². The van der Waals surface area contributed by atoms with Gasteiger partial charge in [0.05, 0.1) is 18.8 Å². The third-order valence-corrected chi connectivity index (χ3v) is 3.91. The minimum atomic E-state index is 0.400. The molecule has 6 heteroatoms. The molecule has 1 aliphatic carbocycles. The Labute approximate surface area is 117 Å². The average molecular weight is 273 g/mol. The third-order valence-electron chi connectivity index (χ3n) is 3.91. The molecule has 0 bridgehead atoms. The minimum absolute atomic E-state index is 0.400. The van der Waals surface area contributed by atoms with Crippen LogP contribution in [0.2, 0.25) is 0 Å².